The first-order chi connectivity index (χ1) is 4.88. The van der Waals surface area contributed by atoms with Gasteiger partial charge in [0.05, 0.1) is 0 Å². The highest BCUT2D eigenvalue weighted by Crippen LogP contribution is 2.15. The zero-order valence-corrected chi connectivity index (χ0v) is 5.80. The number of allylic oxidation sites excluding steroid dienone is 1. The van der Waals surface area contributed by atoms with E-state index < -0.39 is 0 Å². The van der Waals surface area contributed by atoms with Crippen molar-refractivity contribution in [2.75, 3.05) is 0 Å². The van der Waals surface area contributed by atoms with Crippen LogP contribution in [0.3, 0.4) is 0 Å². The lowest BCUT2D eigenvalue weighted by Crippen LogP contribution is -1.74. The van der Waals surface area contributed by atoms with Crippen LogP contribution in [0.4, 0.5) is 5.82 Å². The maximum absolute atomic E-state index is 3.80. The Kier molecular flexibility index (Phi) is 2.05. The van der Waals surface area contributed by atoms with Gasteiger partial charge in [0.15, 0.2) is 0 Å². The number of nitrogens with zero attached hydrogens (tertiary/aromatic N) is 1. The van der Waals surface area contributed by atoms with Crippen LogP contribution in [0.5, 0.6) is 0 Å². The molecule has 0 fully saturated rings. The number of aromatic amines is 1. The van der Waals surface area contributed by atoms with E-state index in [0.717, 1.165) is 17.8 Å². The van der Waals surface area contributed by atoms with Crippen LogP contribution in [0.2, 0.25) is 0 Å². The van der Waals surface area contributed by atoms with Gasteiger partial charge < -0.3 is 4.98 Å². The first kappa shape index (κ1) is 6.81. The fourth-order valence-corrected chi connectivity index (χ4v) is 0.860. The maximum Gasteiger partial charge on any atom is 0.132 e. The molecule has 2 nitrogen and oxygen atoms in total. The maximum atomic E-state index is 3.80. The lowest BCUT2D eigenvalue weighted by molar-refractivity contribution is 1.25. The van der Waals surface area contributed by atoms with E-state index in [0.29, 0.717) is 0 Å². The summed E-state index contributed by atoms with van der Waals surface area (Å²) in [6.45, 7) is 7.07. The van der Waals surface area contributed by atoms with E-state index in [1.54, 1.807) is 0 Å². The minimum Gasteiger partial charge on any atom is -0.346 e. The lowest BCUT2D eigenvalue weighted by Gasteiger charge is -1.90. The van der Waals surface area contributed by atoms with Gasteiger partial charge in [0.25, 0.3) is 0 Å². The van der Waals surface area contributed by atoms with E-state index >= 15 is 0 Å². The van der Waals surface area contributed by atoms with Gasteiger partial charge in [0, 0.05) is 6.20 Å². The molecule has 1 N–H and O–H groups in total. The van der Waals surface area contributed by atoms with Crippen LogP contribution < -0.4 is 0 Å². The van der Waals surface area contributed by atoms with Crippen molar-refractivity contribution in [1.29, 1.82) is 0 Å². The molecule has 0 aromatic carbocycles. The summed E-state index contributed by atoms with van der Waals surface area (Å²) in [6, 6.07) is 1.98. The van der Waals surface area contributed by atoms with Crippen LogP contribution in [0.1, 0.15) is 5.56 Å². The third-order valence-electron chi connectivity index (χ3n) is 1.33. The molecule has 0 bridgehead atoms. The van der Waals surface area contributed by atoms with Gasteiger partial charge >= 0.3 is 0 Å². The van der Waals surface area contributed by atoms with Gasteiger partial charge in [-0.3, -0.25) is 0 Å². The SMILES string of the molecule is C=CCc1cc[nH]c1N=C. The number of H-pyrrole nitrogens is 1. The molecule has 10 heavy (non-hydrogen) atoms. The molecule has 0 saturated heterocycles. The molecule has 0 saturated carbocycles. The topological polar surface area (TPSA) is 28.1 Å². The second kappa shape index (κ2) is 3.01. The molecule has 0 atom stereocenters. The summed E-state index contributed by atoms with van der Waals surface area (Å²) in [5.41, 5.74) is 1.14. The van der Waals surface area contributed by atoms with Crippen molar-refractivity contribution in [2.45, 2.75) is 6.42 Å². The molecule has 0 spiro atoms. The highest BCUT2D eigenvalue weighted by atomic mass is 14.9. The van der Waals surface area contributed by atoms with Crippen LogP contribution in [0.25, 0.3) is 0 Å². The quantitative estimate of drug-likeness (QED) is 0.484. The molecule has 1 aromatic rings. The minimum absolute atomic E-state index is 0.845. The molecule has 1 aromatic heterocycles. The highest BCUT2D eigenvalue weighted by Gasteiger charge is 1.96. The Morgan fingerprint density at radius 2 is 2.50 bits per heavy atom. The van der Waals surface area contributed by atoms with Crippen LogP contribution in [0.15, 0.2) is 29.9 Å². The lowest BCUT2D eigenvalue weighted by atomic mass is 10.2. The smallest absolute Gasteiger partial charge is 0.132 e. The average molecular weight is 134 g/mol. The Bertz CT molecular complexity index is 235. The molecule has 2 heteroatoms. The van der Waals surface area contributed by atoms with Crippen LogP contribution >= 0.6 is 0 Å². The van der Waals surface area contributed by atoms with Crippen LogP contribution in [-0.2, 0) is 6.42 Å². The van der Waals surface area contributed by atoms with Crippen molar-refractivity contribution >= 4 is 12.5 Å². The minimum atomic E-state index is 0.845. The summed E-state index contributed by atoms with van der Waals surface area (Å²) in [4.78, 5) is 6.76. The number of hydrogen-bond donors (Lipinski definition) is 1. The third-order valence-corrected chi connectivity index (χ3v) is 1.33. The first-order valence-corrected chi connectivity index (χ1v) is 3.12. The Morgan fingerprint density at radius 3 is 3.10 bits per heavy atom. The molecule has 0 unspecified atom stereocenters. The molecule has 0 aliphatic carbocycles. The Hall–Kier alpha value is -1.31. The summed E-state index contributed by atoms with van der Waals surface area (Å²) in [7, 11) is 0. The number of hydrogen-bond acceptors (Lipinski definition) is 1. The van der Waals surface area contributed by atoms with E-state index in [4.69, 9.17) is 0 Å². The standard InChI is InChI=1S/C8H10N2/c1-3-4-7-5-6-10-8(7)9-2/h3,5-6,10H,1-2,4H2. The molecule has 0 amide bonds. The van der Waals surface area contributed by atoms with Crippen molar-refractivity contribution in [3.8, 4) is 0 Å². The first-order valence-electron chi connectivity index (χ1n) is 3.12. The van der Waals surface area contributed by atoms with Gasteiger partial charge in [-0.2, -0.15) is 0 Å². The summed E-state index contributed by atoms with van der Waals surface area (Å²) in [5.74, 6) is 0.847. The van der Waals surface area contributed by atoms with Gasteiger partial charge in [-0.1, -0.05) is 6.08 Å². The normalized spacial score (nSPS) is 9.20. The average Bonchev–Trinajstić information content (AvgIpc) is 2.36. The number of aromatic nitrogens is 1. The molecular formula is C8H10N2. The Morgan fingerprint density at radius 1 is 1.70 bits per heavy atom. The zero-order valence-electron chi connectivity index (χ0n) is 5.80. The molecule has 0 radical (unpaired) electrons. The van der Waals surface area contributed by atoms with E-state index in [1.807, 2.05) is 18.3 Å². The fraction of sp³-hybridized carbons (Fsp3) is 0.125. The monoisotopic (exact) mass is 134 g/mol. The predicted molar refractivity (Wildman–Crippen MR) is 43.9 cm³/mol. The fourth-order valence-electron chi connectivity index (χ4n) is 0.860. The van der Waals surface area contributed by atoms with Crippen molar-refractivity contribution in [3.63, 3.8) is 0 Å². The number of nitrogens with one attached hydrogen (secondary N) is 1. The van der Waals surface area contributed by atoms with E-state index in [2.05, 4.69) is 23.3 Å². The number of rotatable bonds is 3. The molecular weight excluding hydrogens is 124 g/mol. The molecule has 0 aliphatic heterocycles. The predicted octanol–water partition coefficient (Wildman–Crippen LogP) is 2.08. The van der Waals surface area contributed by atoms with Crippen LogP contribution in [-0.4, -0.2) is 11.7 Å². The Labute approximate surface area is 60.3 Å². The van der Waals surface area contributed by atoms with E-state index in [9.17, 15) is 0 Å². The van der Waals surface area contributed by atoms with Crippen molar-refractivity contribution in [3.05, 3.63) is 30.5 Å². The summed E-state index contributed by atoms with van der Waals surface area (Å²) in [5, 5.41) is 0. The van der Waals surface area contributed by atoms with Crippen molar-refractivity contribution in [2.24, 2.45) is 4.99 Å². The number of aliphatic imine (C=N–C) groups is 1. The Balaban J connectivity index is 2.89. The van der Waals surface area contributed by atoms with E-state index in [-0.39, 0.29) is 0 Å². The second-order valence-electron chi connectivity index (χ2n) is 2.00. The summed E-state index contributed by atoms with van der Waals surface area (Å²) in [6.07, 6.45) is 4.54. The van der Waals surface area contributed by atoms with Crippen molar-refractivity contribution < 1.29 is 0 Å². The van der Waals surface area contributed by atoms with Gasteiger partial charge in [-0.25, -0.2) is 4.99 Å². The third kappa shape index (κ3) is 1.16. The van der Waals surface area contributed by atoms with Crippen LogP contribution in [0, 0.1) is 0 Å². The van der Waals surface area contributed by atoms with Gasteiger partial charge in [-0.05, 0) is 24.8 Å². The molecule has 1 heterocycles. The van der Waals surface area contributed by atoms with Crippen molar-refractivity contribution in [1.82, 2.24) is 4.98 Å². The van der Waals surface area contributed by atoms with E-state index in [1.165, 1.54) is 0 Å². The largest absolute Gasteiger partial charge is 0.346 e. The van der Waals surface area contributed by atoms with Gasteiger partial charge in [0.2, 0.25) is 0 Å². The molecule has 1 rings (SSSR count). The summed E-state index contributed by atoms with van der Waals surface area (Å²) >= 11 is 0. The van der Waals surface area contributed by atoms with Gasteiger partial charge in [0.1, 0.15) is 5.82 Å². The van der Waals surface area contributed by atoms with Gasteiger partial charge in [-0.15, -0.1) is 6.58 Å². The molecule has 0 aliphatic rings. The summed E-state index contributed by atoms with van der Waals surface area (Å²) < 4.78 is 0. The molecule has 52 valence electrons. The zero-order chi connectivity index (χ0) is 7.40. The highest BCUT2D eigenvalue weighted by molar-refractivity contribution is 5.46. The second-order valence-corrected chi connectivity index (χ2v) is 2.00.